The minimum Gasteiger partial charge on any atom is -0.486 e. The number of anilines is 1. The van der Waals surface area contributed by atoms with Crippen LogP contribution in [0.5, 0.6) is 5.75 Å². The van der Waals surface area contributed by atoms with Crippen LogP contribution in [0.1, 0.15) is 16.3 Å². The Morgan fingerprint density at radius 3 is 2.73 bits per heavy atom. The number of carbonyl (C=O) groups excluding carboxylic acids is 1. The number of rotatable bonds is 6. The molecule has 0 spiro atoms. The third kappa shape index (κ3) is 4.97. The molecule has 26 heavy (non-hydrogen) atoms. The number of carbonyl (C=O) groups is 1. The van der Waals surface area contributed by atoms with Gasteiger partial charge in [-0.1, -0.05) is 47.0 Å². The number of aryl methyl sites for hydroxylation is 1. The molecule has 0 fully saturated rings. The second kappa shape index (κ2) is 8.54. The molecule has 0 saturated heterocycles. The standard InChI is InChI=1S/C19H16Cl2N2O2S/c1-12-5-7-13(8-6-12)22-17(24)9-18-23-14(11-26-18)10-25-16-4-2-3-15(20)19(16)21/h2-8,11H,9-10H2,1H3,(H,22,24). The van der Waals surface area contributed by atoms with Crippen LogP contribution >= 0.6 is 34.5 Å². The molecule has 0 radical (unpaired) electrons. The molecule has 0 aliphatic carbocycles. The molecule has 134 valence electrons. The Kier molecular flexibility index (Phi) is 6.14. The maximum Gasteiger partial charge on any atom is 0.231 e. The second-order valence-electron chi connectivity index (χ2n) is 5.66. The van der Waals surface area contributed by atoms with Crippen molar-refractivity contribution in [2.24, 2.45) is 0 Å². The first-order valence-electron chi connectivity index (χ1n) is 7.88. The summed E-state index contributed by atoms with van der Waals surface area (Å²) in [5.41, 5.74) is 2.66. The lowest BCUT2D eigenvalue weighted by atomic mass is 10.2. The molecule has 7 heteroatoms. The van der Waals surface area contributed by atoms with Crippen LogP contribution in [0.25, 0.3) is 0 Å². The van der Waals surface area contributed by atoms with Crippen LogP contribution in [0.2, 0.25) is 10.0 Å². The third-order valence-corrected chi connectivity index (χ3v) is 5.24. The van der Waals surface area contributed by atoms with E-state index in [9.17, 15) is 4.79 Å². The first-order chi connectivity index (χ1) is 12.5. The number of hydrogen-bond donors (Lipinski definition) is 1. The molecule has 4 nitrogen and oxygen atoms in total. The Bertz CT molecular complexity index is 910. The van der Waals surface area contributed by atoms with Crippen LogP contribution in [0, 0.1) is 6.92 Å². The van der Waals surface area contributed by atoms with Crippen LogP contribution in [0.4, 0.5) is 5.69 Å². The summed E-state index contributed by atoms with van der Waals surface area (Å²) in [6, 6.07) is 12.9. The number of benzene rings is 2. The van der Waals surface area contributed by atoms with Crippen molar-refractivity contribution < 1.29 is 9.53 Å². The number of hydrogen-bond acceptors (Lipinski definition) is 4. The molecular weight excluding hydrogens is 391 g/mol. The summed E-state index contributed by atoms with van der Waals surface area (Å²) in [4.78, 5) is 16.6. The Balaban J connectivity index is 1.55. The molecule has 1 heterocycles. The van der Waals surface area contributed by atoms with E-state index in [4.69, 9.17) is 27.9 Å². The van der Waals surface area contributed by atoms with Gasteiger partial charge in [0.25, 0.3) is 0 Å². The number of ether oxygens (including phenoxy) is 1. The summed E-state index contributed by atoms with van der Waals surface area (Å²) >= 11 is 13.5. The summed E-state index contributed by atoms with van der Waals surface area (Å²) in [5.74, 6) is 0.402. The van der Waals surface area contributed by atoms with E-state index in [0.717, 1.165) is 22.0 Å². The van der Waals surface area contributed by atoms with Gasteiger partial charge in [0.1, 0.15) is 22.4 Å². The van der Waals surface area contributed by atoms with Crippen LogP contribution in [0.3, 0.4) is 0 Å². The molecule has 0 unspecified atom stereocenters. The lowest BCUT2D eigenvalue weighted by Gasteiger charge is -2.07. The number of nitrogens with zero attached hydrogens (tertiary/aromatic N) is 1. The van der Waals surface area contributed by atoms with Gasteiger partial charge in [0.05, 0.1) is 17.1 Å². The first kappa shape index (κ1) is 18.7. The number of thiazole rings is 1. The van der Waals surface area contributed by atoms with Gasteiger partial charge in [-0.25, -0.2) is 4.98 Å². The van der Waals surface area contributed by atoms with Crippen LogP contribution in [0.15, 0.2) is 47.8 Å². The zero-order valence-electron chi connectivity index (χ0n) is 14.0. The molecule has 1 N–H and O–H groups in total. The molecule has 3 aromatic rings. The van der Waals surface area contributed by atoms with Crippen molar-refractivity contribution in [2.45, 2.75) is 20.0 Å². The lowest BCUT2D eigenvalue weighted by Crippen LogP contribution is -2.14. The topological polar surface area (TPSA) is 51.2 Å². The van der Waals surface area contributed by atoms with E-state index in [2.05, 4.69) is 10.3 Å². The maximum absolute atomic E-state index is 12.1. The Morgan fingerprint density at radius 2 is 1.96 bits per heavy atom. The second-order valence-corrected chi connectivity index (χ2v) is 7.39. The fourth-order valence-electron chi connectivity index (χ4n) is 2.22. The van der Waals surface area contributed by atoms with E-state index in [1.807, 2.05) is 36.6 Å². The van der Waals surface area contributed by atoms with E-state index in [0.29, 0.717) is 15.8 Å². The largest absolute Gasteiger partial charge is 0.486 e. The SMILES string of the molecule is Cc1ccc(NC(=O)Cc2nc(COc3cccc(Cl)c3Cl)cs2)cc1. The molecule has 3 rings (SSSR count). The Labute approximate surface area is 165 Å². The van der Waals surface area contributed by atoms with E-state index in [1.54, 1.807) is 18.2 Å². The van der Waals surface area contributed by atoms with Gasteiger partial charge in [-0.05, 0) is 31.2 Å². The van der Waals surface area contributed by atoms with Crippen LogP contribution in [-0.2, 0) is 17.8 Å². The summed E-state index contributed by atoms with van der Waals surface area (Å²) in [5, 5.41) is 6.28. The van der Waals surface area contributed by atoms with Gasteiger partial charge in [0.2, 0.25) is 5.91 Å². The van der Waals surface area contributed by atoms with Gasteiger partial charge < -0.3 is 10.1 Å². The van der Waals surface area contributed by atoms with E-state index in [1.165, 1.54) is 11.3 Å². The Hall–Kier alpha value is -2.08. The molecule has 0 saturated carbocycles. The number of amides is 1. The van der Waals surface area contributed by atoms with E-state index < -0.39 is 0 Å². The minimum atomic E-state index is -0.103. The maximum atomic E-state index is 12.1. The van der Waals surface area contributed by atoms with E-state index in [-0.39, 0.29) is 18.9 Å². The van der Waals surface area contributed by atoms with Crippen molar-refractivity contribution >= 4 is 46.1 Å². The van der Waals surface area contributed by atoms with Gasteiger partial charge in [-0.15, -0.1) is 11.3 Å². The average molecular weight is 407 g/mol. The quantitative estimate of drug-likeness (QED) is 0.586. The minimum absolute atomic E-state index is 0.103. The van der Waals surface area contributed by atoms with Crippen molar-refractivity contribution in [3.8, 4) is 5.75 Å². The highest BCUT2D eigenvalue weighted by atomic mass is 35.5. The normalized spacial score (nSPS) is 10.6. The highest BCUT2D eigenvalue weighted by molar-refractivity contribution is 7.09. The molecule has 1 aromatic heterocycles. The molecule has 0 atom stereocenters. The Morgan fingerprint density at radius 1 is 1.19 bits per heavy atom. The van der Waals surface area contributed by atoms with Crippen LogP contribution < -0.4 is 10.1 Å². The summed E-state index contributed by atoms with van der Waals surface area (Å²) in [6.45, 7) is 2.26. The van der Waals surface area contributed by atoms with E-state index >= 15 is 0 Å². The zero-order chi connectivity index (χ0) is 18.5. The molecular formula is C19H16Cl2N2O2S. The fraction of sp³-hybridized carbons (Fsp3) is 0.158. The highest BCUT2D eigenvalue weighted by Gasteiger charge is 2.10. The van der Waals surface area contributed by atoms with Gasteiger partial charge in [-0.2, -0.15) is 0 Å². The van der Waals surface area contributed by atoms with Crippen molar-refractivity contribution in [1.29, 1.82) is 0 Å². The molecule has 0 aliphatic heterocycles. The molecule has 2 aromatic carbocycles. The zero-order valence-corrected chi connectivity index (χ0v) is 16.3. The molecule has 1 amide bonds. The van der Waals surface area contributed by atoms with Gasteiger partial charge >= 0.3 is 0 Å². The van der Waals surface area contributed by atoms with Crippen molar-refractivity contribution in [3.63, 3.8) is 0 Å². The lowest BCUT2D eigenvalue weighted by molar-refractivity contribution is -0.115. The van der Waals surface area contributed by atoms with Gasteiger partial charge in [0.15, 0.2) is 0 Å². The van der Waals surface area contributed by atoms with Crippen molar-refractivity contribution in [3.05, 3.63) is 74.2 Å². The smallest absolute Gasteiger partial charge is 0.231 e. The van der Waals surface area contributed by atoms with Crippen molar-refractivity contribution in [2.75, 3.05) is 5.32 Å². The predicted octanol–water partition coefficient (Wildman–Crippen LogP) is 5.52. The summed E-state index contributed by atoms with van der Waals surface area (Å²) < 4.78 is 5.66. The molecule has 0 bridgehead atoms. The molecule has 0 aliphatic rings. The predicted molar refractivity (Wildman–Crippen MR) is 106 cm³/mol. The fourth-order valence-corrected chi connectivity index (χ4v) is 3.35. The van der Waals surface area contributed by atoms with Crippen LogP contribution in [-0.4, -0.2) is 10.9 Å². The van der Waals surface area contributed by atoms with Gasteiger partial charge in [-0.3, -0.25) is 4.79 Å². The highest BCUT2D eigenvalue weighted by Crippen LogP contribution is 2.32. The third-order valence-electron chi connectivity index (χ3n) is 3.54. The van der Waals surface area contributed by atoms with Gasteiger partial charge in [0, 0.05) is 11.1 Å². The average Bonchev–Trinajstić information content (AvgIpc) is 3.05. The number of nitrogens with one attached hydrogen (secondary N) is 1. The van der Waals surface area contributed by atoms with Crippen molar-refractivity contribution in [1.82, 2.24) is 4.98 Å². The number of aromatic nitrogens is 1. The summed E-state index contributed by atoms with van der Waals surface area (Å²) in [6.07, 6.45) is 0.219. The first-order valence-corrected chi connectivity index (χ1v) is 9.51. The monoisotopic (exact) mass is 406 g/mol. The summed E-state index contributed by atoms with van der Waals surface area (Å²) in [7, 11) is 0. The number of halogens is 2.